The van der Waals surface area contributed by atoms with Gasteiger partial charge < -0.3 is 15.4 Å². The van der Waals surface area contributed by atoms with E-state index in [0.717, 1.165) is 43.1 Å². The molecular weight excluding hydrogens is 503 g/mol. The molecule has 0 atom stereocenters. The van der Waals surface area contributed by atoms with Crippen LogP contribution in [-0.4, -0.2) is 64.3 Å². The number of halogens is 1. The van der Waals surface area contributed by atoms with Crippen molar-refractivity contribution in [2.75, 3.05) is 39.5 Å². The number of nitrogens with zero attached hydrogens (tertiary/aromatic N) is 2. The van der Waals surface area contributed by atoms with Gasteiger partial charge in [-0.3, -0.25) is 4.99 Å². The number of nitrogens with one attached hydrogen (secondary N) is 2. The number of hydrogen-bond donors (Lipinski definition) is 2. The third-order valence-corrected chi connectivity index (χ3v) is 7.13. The molecule has 1 aliphatic heterocycles. The average Bonchev–Trinajstić information content (AvgIpc) is 2.68. The highest BCUT2D eigenvalue weighted by Gasteiger charge is 2.27. The summed E-state index contributed by atoms with van der Waals surface area (Å²) in [5.74, 6) is 1.90. The van der Waals surface area contributed by atoms with Crippen LogP contribution in [0.5, 0.6) is 5.75 Å². The third-order valence-electron chi connectivity index (χ3n) is 5.05. The number of benzene rings is 1. The molecule has 2 N–H and O–H groups in total. The molecule has 0 unspecified atom stereocenters. The van der Waals surface area contributed by atoms with E-state index in [2.05, 4.69) is 33.8 Å². The molecule has 1 aliphatic rings. The number of aryl methyl sites for hydroxylation is 1. The molecule has 0 aliphatic carbocycles. The number of aliphatic imine (C=N–C) groups is 1. The lowest BCUT2D eigenvalue weighted by Gasteiger charge is -2.32. The zero-order valence-corrected chi connectivity index (χ0v) is 21.0. The second-order valence-corrected chi connectivity index (χ2v) is 9.28. The highest BCUT2D eigenvalue weighted by atomic mass is 127. The van der Waals surface area contributed by atoms with E-state index in [-0.39, 0.29) is 35.8 Å². The molecule has 2 rings (SSSR count). The standard InChI is InChI=1S/C20H34N4O3S.HI/c1-5-14-28(25,26)24-12-9-18(10-13-24)23-20(21-3)22-11-8-17-7-6-16(2)19(15-17)27-4;/h6-7,15,18H,5,8-14H2,1-4H3,(H2,21,22,23);1H. The zero-order valence-electron chi connectivity index (χ0n) is 17.9. The molecule has 29 heavy (non-hydrogen) atoms. The van der Waals surface area contributed by atoms with E-state index in [1.165, 1.54) is 5.56 Å². The Bertz CT molecular complexity index is 763. The van der Waals surface area contributed by atoms with Gasteiger partial charge in [0.25, 0.3) is 0 Å². The third kappa shape index (κ3) is 7.93. The van der Waals surface area contributed by atoms with Crippen LogP contribution in [0.25, 0.3) is 0 Å². The van der Waals surface area contributed by atoms with Crippen LogP contribution < -0.4 is 15.4 Å². The van der Waals surface area contributed by atoms with Crippen LogP contribution in [0.3, 0.4) is 0 Å². The second-order valence-electron chi connectivity index (χ2n) is 7.19. The number of sulfonamides is 1. The second kappa shape index (κ2) is 12.6. The van der Waals surface area contributed by atoms with Crippen LogP contribution in [0, 0.1) is 6.92 Å². The van der Waals surface area contributed by atoms with Gasteiger partial charge in [-0.05, 0) is 49.8 Å². The summed E-state index contributed by atoms with van der Waals surface area (Å²) in [7, 11) is 0.349. The van der Waals surface area contributed by atoms with Crippen LogP contribution >= 0.6 is 24.0 Å². The molecule has 0 bridgehead atoms. The van der Waals surface area contributed by atoms with Crippen LogP contribution in [-0.2, 0) is 16.4 Å². The van der Waals surface area contributed by atoms with Gasteiger partial charge in [0.2, 0.25) is 10.0 Å². The SMILES string of the molecule is CCCS(=O)(=O)N1CCC(NC(=NC)NCCc2ccc(C)c(OC)c2)CC1.I. The van der Waals surface area contributed by atoms with Gasteiger partial charge in [0.05, 0.1) is 12.9 Å². The first-order valence-electron chi connectivity index (χ1n) is 9.98. The smallest absolute Gasteiger partial charge is 0.214 e. The Hall–Kier alpha value is -1.07. The molecule has 0 radical (unpaired) electrons. The van der Waals surface area contributed by atoms with E-state index in [1.807, 2.05) is 13.8 Å². The van der Waals surface area contributed by atoms with Gasteiger partial charge in [-0.15, -0.1) is 24.0 Å². The van der Waals surface area contributed by atoms with Gasteiger partial charge in [-0.25, -0.2) is 12.7 Å². The van der Waals surface area contributed by atoms with Crippen molar-refractivity contribution in [3.05, 3.63) is 29.3 Å². The normalized spacial score (nSPS) is 16.2. The van der Waals surface area contributed by atoms with Crippen molar-refractivity contribution < 1.29 is 13.2 Å². The zero-order chi connectivity index (χ0) is 20.6. The minimum absolute atomic E-state index is 0. The predicted molar refractivity (Wildman–Crippen MR) is 130 cm³/mol. The number of hydrogen-bond acceptors (Lipinski definition) is 4. The molecule has 1 saturated heterocycles. The Morgan fingerprint density at radius 2 is 2.00 bits per heavy atom. The van der Waals surface area contributed by atoms with Crippen LogP contribution in [0.4, 0.5) is 0 Å². The Morgan fingerprint density at radius 1 is 1.31 bits per heavy atom. The molecule has 0 amide bonds. The van der Waals surface area contributed by atoms with E-state index >= 15 is 0 Å². The Morgan fingerprint density at radius 3 is 2.59 bits per heavy atom. The Labute approximate surface area is 192 Å². The highest BCUT2D eigenvalue weighted by molar-refractivity contribution is 14.0. The molecule has 1 fully saturated rings. The topological polar surface area (TPSA) is 83.0 Å². The van der Waals surface area contributed by atoms with E-state index in [1.54, 1.807) is 18.5 Å². The molecule has 9 heteroatoms. The number of ether oxygens (including phenoxy) is 1. The van der Waals surface area contributed by atoms with Gasteiger partial charge in [-0.2, -0.15) is 0 Å². The van der Waals surface area contributed by atoms with Gasteiger partial charge in [0.1, 0.15) is 5.75 Å². The minimum atomic E-state index is -3.10. The van der Waals surface area contributed by atoms with Gasteiger partial charge >= 0.3 is 0 Å². The van der Waals surface area contributed by atoms with Crippen molar-refractivity contribution in [3.63, 3.8) is 0 Å². The first-order valence-corrected chi connectivity index (χ1v) is 11.6. The van der Waals surface area contributed by atoms with E-state index in [0.29, 0.717) is 19.5 Å². The van der Waals surface area contributed by atoms with Crippen molar-refractivity contribution >= 4 is 40.0 Å². The van der Waals surface area contributed by atoms with E-state index in [9.17, 15) is 8.42 Å². The fourth-order valence-corrected chi connectivity index (χ4v) is 4.94. The molecule has 166 valence electrons. The number of piperidine rings is 1. The molecular formula is C20H35IN4O3S. The summed E-state index contributed by atoms with van der Waals surface area (Å²) in [5.41, 5.74) is 2.34. The van der Waals surface area contributed by atoms with Crippen LogP contribution in [0.15, 0.2) is 23.2 Å². The largest absolute Gasteiger partial charge is 0.496 e. The molecule has 0 aromatic heterocycles. The number of methoxy groups -OCH3 is 1. The summed E-state index contributed by atoms with van der Waals surface area (Å²) in [5, 5.41) is 6.77. The van der Waals surface area contributed by atoms with Crippen molar-refractivity contribution in [1.29, 1.82) is 0 Å². The van der Waals surface area contributed by atoms with E-state index < -0.39 is 10.0 Å². The monoisotopic (exact) mass is 538 g/mol. The van der Waals surface area contributed by atoms with Gasteiger partial charge in [-0.1, -0.05) is 19.1 Å². The molecule has 1 aromatic rings. The predicted octanol–water partition coefficient (Wildman–Crippen LogP) is 2.53. The lowest BCUT2D eigenvalue weighted by molar-refractivity contribution is 0.306. The minimum Gasteiger partial charge on any atom is -0.496 e. The maximum absolute atomic E-state index is 12.2. The fraction of sp³-hybridized carbons (Fsp3) is 0.650. The fourth-order valence-electron chi connectivity index (χ4n) is 3.40. The van der Waals surface area contributed by atoms with Gasteiger partial charge in [0, 0.05) is 32.7 Å². The quantitative estimate of drug-likeness (QED) is 0.302. The summed E-state index contributed by atoms with van der Waals surface area (Å²) in [6.07, 6.45) is 3.10. The number of rotatable bonds is 8. The molecule has 0 spiro atoms. The van der Waals surface area contributed by atoms with E-state index in [4.69, 9.17) is 4.74 Å². The van der Waals surface area contributed by atoms with Crippen molar-refractivity contribution in [1.82, 2.24) is 14.9 Å². The average molecular weight is 538 g/mol. The summed E-state index contributed by atoms with van der Waals surface area (Å²) in [6.45, 7) is 5.83. The summed E-state index contributed by atoms with van der Waals surface area (Å²) in [4.78, 5) is 4.30. The molecule has 1 aromatic carbocycles. The molecule has 7 nitrogen and oxygen atoms in total. The summed E-state index contributed by atoms with van der Waals surface area (Å²) in [6, 6.07) is 6.49. The molecule has 0 saturated carbocycles. The van der Waals surface area contributed by atoms with Crippen molar-refractivity contribution in [3.8, 4) is 5.75 Å². The summed E-state index contributed by atoms with van der Waals surface area (Å²) < 4.78 is 31.3. The lowest BCUT2D eigenvalue weighted by Crippen LogP contribution is -2.50. The van der Waals surface area contributed by atoms with Crippen molar-refractivity contribution in [2.24, 2.45) is 4.99 Å². The maximum Gasteiger partial charge on any atom is 0.214 e. The van der Waals surface area contributed by atoms with Crippen molar-refractivity contribution in [2.45, 2.75) is 45.6 Å². The lowest BCUT2D eigenvalue weighted by atomic mass is 10.1. The summed E-state index contributed by atoms with van der Waals surface area (Å²) >= 11 is 0. The van der Waals surface area contributed by atoms with Gasteiger partial charge in [0.15, 0.2) is 5.96 Å². The Kier molecular flexibility index (Phi) is 11.3. The Balaban J connectivity index is 0.00000420. The first kappa shape index (κ1) is 26.0. The highest BCUT2D eigenvalue weighted by Crippen LogP contribution is 2.19. The molecule has 1 heterocycles. The number of guanidine groups is 1. The van der Waals surface area contributed by atoms with Crippen LogP contribution in [0.2, 0.25) is 0 Å². The maximum atomic E-state index is 12.2. The first-order chi connectivity index (χ1) is 13.4. The van der Waals surface area contributed by atoms with Crippen LogP contribution in [0.1, 0.15) is 37.3 Å².